The van der Waals surface area contributed by atoms with Crippen molar-refractivity contribution >= 4 is 44.1 Å². The summed E-state index contributed by atoms with van der Waals surface area (Å²) in [5, 5.41) is 3.36. The number of carbonyl (C=O) groups is 2. The fourth-order valence-corrected chi connectivity index (χ4v) is 3.50. The van der Waals surface area contributed by atoms with Crippen LogP contribution in [0.5, 0.6) is 0 Å². The molecule has 7 heteroatoms. The van der Waals surface area contributed by atoms with E-state index in [0.29, 0.717) is 23.7 Å². The second-order valence-corrected chi connectivity index (χ2v) is 7.16. The van der Waals surface area contributed by atoms with Gasteiger partial charge in [-0.1, -0.05) is 11.3 Å². The lowest BCUT2D eigenvalue weighted by molar-refractivity contribution is -0.119. The molecule has 5 nitrogen and oxygen atoms in total. The number of rotatable bonds is 2. The van der Waals surface area contributed by atoms with Gasteiger partial charge in [0.2, 0.25) is 5.91 Å². The van der Waals surface area contributed by atoms with Crippen molar-refractivity contribution in [2.24, 2.45) is 0 Å². The van der Waals surface area contributed by atoms with E-state index in [1.807, 2.05) is 19.2 Å². The second-order valence-electron chi connectivity index (χ2n) is 4.75. The van der Waals surface area contributed by atoms with Crippen LogP contribution in [0.3, 0.4) is 0 Å². The van der Waals surface area contributed by atoms with Crippen LogP contribution in [0.2, 0.25) is 0 Å². The molecule has 0 fully saturated rings. The van der Waals surface area contributed by atoms with Crippen LogP contribution in [0, 0.1) is 6.92 Å². The second kappa shape index (κ2) is 5.14. The zero-order chi connectivity index (χ0) is 14.3. The highest BCUT2D eigenvalue weighted by molar-refractivity contribution is 9.11. The number of nitrogens with zero attached hydrogens (tertiary/aromatic N) is 2. The molecule has 1 aliphatic heterocycles. The maximum absolute atomic E-state index is 12.4. The Labute approximate surface area is 128 Å². The van der Waals surface area contributed by atoms with Crippen LogP contribution >= 0.6 is 27.3 Å². The Morgan fingerprint density at radius 1 is 1.60 bits per heavy atom. The first kappa shape index (κ1) is 13.5. The lowest BCUT2D eigenvalue weighted by Gasteiger charge is -2.24. The molecule has 0 aliphatic carbocycles. The molecular formula is C13H12BrN3O2S. The number of aryl methyl sites for hydroxylation is 1. The minimum absolute atomic E-state index is 0.0964. The number of hydrogen-bond acceptors (Lipinski definition) is 4. The number of halogens is 1. The Morgan fingerprint density at radius 2 is 2.40 bits per heavy atom. The van der Waals surface area contributed by atoms with Crippen molar-refractivity contribution in [3.8, 4) is 0 Å². The summed E-state index contributed by atoms with van der Waals surface area (Å²) in [6.07, 6.45) is 4.44. The van der Waals surface area contributed by atoms with E-state index in [2.05, 4.69) is 26.2 Å². The summed E-state index contributed by atoms with van der Waals surface area (Å²) >= 11 is 4.67. The van der Waals surface area contributed by atoms with Gasteiger partial charge in [0.1, 0.15) is 6.04 Å². The molecule has 3 rings (SSSR count). The summed E-state index contributed by atoms with van der Waals surface area (Å²) in [5.74, 6) is -0.0321. The lowest BCUT2D eigenvalue weighted by atomic mass is 10.0. The molecule has 1 amide bonds. The molecule has 3 heterocycles. The summed E-state index contributed by atoms with van der Waals surface area (Å²) in [7, 11) is 0. The van der Waals surface area contributed by atoms with Gasteiger partial charge in [-0.15, -0.1) is 0 Å². The summed E-state index contributed by atoms with van der Waals surface area (Å²) in [6.45, 7) is 1.92. The van der Waals surface area contributed by atoms with Crippen LogP contribution in [0.15, 0.2) is 22.2 Å². The zero-order valence-electron chi connectivity index (χ0n) is 10.7. The Hall–Kier alpha value is -1.47. The van der Waals surface area contributed by atoms with Crippen molar-refractivity contribution in [1.82, 2.24) is 9.55 Å². The van der Waals surface area contributed by atoms with Crippen molar-refractivity contribution < 1.29 is 9.59 Å². The number of nitrogens with one attached hydrogen (secondary N) is 1. The molecule has 104 valence electrons. The van der Waals surface area contributed by atoms with E-state index in [1.165, 1.54) is 11.3 Å². The van der Waals surface area contributed by atoms with Gasteiger partial charge in [0.05, 0.1) is 15.7 Å². The van der Waals surface area contributed by atoms with Gasteiger partial charge in [-0.2, -0.15) is 0 Å². The monoisotopic (exact) mass is 353 g/mol. The topological polar surface area (TPSA) is 64.0 Å². The fourth-order valence-electron chi connectivity index (χ4n) is 2.39. The summed E-state index contributed by atoms with van der Waals surface area (Å²) in [4.78, 5) is 28.3. The smallest absolute Gasteiger partial charge is 0.249 e. The van der Waals surface area contributed by atoms with Crippen LogP contribution < -0.4 is 5.32 Å². The van der Waals surface area contributed by atoms with Gasteiger partial charge in [-0.05, 0) is 40.9 Å². The van der Waals surface area contributed by atoms with E-state index in [4.69, 9.17) is 0 Å². The quantitative estimate of drug-likeness (QED) is 0.901. The molecule has 0 saturated carbocycles. The average molecular weight is 354 g/mol. The average Bonchev–Trinajstić information content (AvgIpc) is 2.96. The Bertz CT molecular complexity index is 692. The first-order valence-corrected chi connectivity index (χ1v) is 7.79. The van der Waals surface area contributed by atoms with Crippen LogP contribution in [0.25, 0.3) is 0 Å². The highest BCUT2D eigenvalue weighted by Gasteiger charge is 2.30. The molecule has 0 aromatic carbocycles. The number of ketones is 1. The number of hydrogen-bond donors (Lipinski definition) is 1. The number of Topliss-reactive ketones (excluding diaryl/α,β-unsaturated/α-hetero) is 1. The van der Waals surface area contributed by atoms with E-state index in [0.717, 1.165) is 9.35 Å². The van der Waals surface area contributed by atoms with Crippen LogP contribution in [0.1, 0.15) is 34.9 Å². The Kier molecular flexibility index (Phi) is 3.47. The molecule has 1 unspecified atom stereocenters. The first-order chi connectivity index (χ1) is 9.54. The molecule has 0 saturated heterocycles. The Balaban J connectivity index is 1.85. The third kappa shape index (κ3) is 2.43. The molecule has 1 aliphatic rings. The number of aromatic nitrogens is 2. The number of fused-ring (bicyclic) bond motifs is 1. The van der Waals surface area contributed by atoms with E-state index < -0.39 is 0 Å². The predicted octanol–water partition coefficient (Wildman–Crippen LogP) is 3.17. The van der Waals surface area contributed by atoms with Gasteiger partial charge < -0.3 is 9.88 Å². The minimum Gasteiger partial charge on any atom is -0.332 e. The molecule has 2 aromatic heterocycles. The summed E-state index contributed by atoms with van der Waals surface area (Å²) in [6, 6.07) is 1.49. The largest absolute Gasteiger partial charge is 0.332 e. The van der Waals surface area contributed by atoms with Crippen LogP contribution in [-0.4, -0.2) is 21.2 Å². The molecule has 0 spiro atoms. The minimum atomic E-state index is -0.348. The lowest BCUT2D eigenvalue weighted by Crippen LogP contribution is -2.31. The van der Waals surface area contributed by atoms with Crippen molar-refractivity contribution in [3.63, 3.8) is 0 Å². The summed E-state index contributed by atoms with van der Waals surface area (Å²) in [5.41, 5.74) is 1.61. The molecule has 20 heavy (non-hydrogen) atoms. The van der Waals surface area contributed by atoms with E-state index in [-0.39, 0.29) is 17.7 Å². The van der Waals surface area contributed by atoms with Gasteiger partial charge in [0, 0.05) is 12.6 Å². The maximum Gasteiger partial charge on any atom is 0.249 e. The molecule has 0 radical (unpaired) electrons. The van der Waals surface area contributed by atoms with E-state index in [1.54, 1.807) is 10.8 Å². The number of amides is 1. The van der Waals surface area contributed by atoms with Crippen molar-refractivity contribution in [1.29, 1.82) is 0 Å². The van der Waals surface area contributed by atoms with Gasteiger partial charge in [0.25, 0.3) is 0 Å². The summed E-state index contributed by atoms with van der Waals surface area (Å²) < 4.78 is 2.64. The van der Waals surface area contributed by atoms with Crippen LogP contribution in [0.4, 0.5) is 5.13 Å². The number of anilines is 1. The van der Waals surface area contributed by atoms with Crippen molar-refractivity contribution in [2.45, 2.75) is 25.8 Å². The molecule has 2 aromatic rings. The highest BCUT2D eigenvalue weighted by atomic mass is 79.9. The third-order valence-corrected chi connectivity index (χ3v) is 4.65. The fraction of sp³-hybridized carbons (Fsp3) is 0.308. The number of thiazole rings is 1. The standard InChI is InChI=1S/C13H12BrN3O2S/c1-7-4-9-10(18)3-2-8(17(9)6-7)12(19)16-13-15-5-11(14)20-13/h4-6,8H,2-3H2,1H3,(H,15,16,19). The predicted molar refractivity (Wildman–Crippen MR) is 80.2 cm³/mol. The van der Waals surface area contributed by atoms with Gasteiger partial charge in [-0.3, -0.25) is 9.59 Å². The third-order valence-electron chi connectivity index (χ3n) is 3.26. The first-order valence-electron chi connectivity index (χ1n) is 6.18. The van der Waals surface area contributed by atoms with E-state index >= 15 is 0 Å². The van der Waals surface area contributed by atoms with E-state index in [9.17, 15) is 9.59 Å². The van der Waals surface area contributed by atoms with Crippen molar-refractivity contribution in [3.05, 3.63) is 33.5 Å². The zero-order valence-corrected chi connectivity index (χ0v) is 13.1. The maximum atomic E-state index is 12.4. The molecular weight excluding hydrogens is 342 g/mol. The van der Waals surface area contributed by atoms with Gasteiger partial charge in [0.15, 0.2) is 10.9 Å². The van der Waals surface area contributed by atoms with Gasteiger partial charge >= 0.3 is 0 Å². The Morgan fingerprint density at radius 3 is 3.10 bits per heavy atom. The van der Waals surface area contributed by atoms with Crippen molar-refractivity contribution in [2.75, 3.05) is 5.32 Å². The SMILES string of the molecule is Cc1cc2n(c1)C(C(=O)Nc1ncc(Br)s1)CCC2=O. The highest BCUT2D eigenvalue weighted by Crippen LogP contribution is 2.29. The molecule has 0 bridgehead atoms. The molecule has 1 atom stereocenters. The molecule has 1 N–H and O–H groups in total. The van der Waals surface area contributed by atoms with Gasteiger partial charge in [-0.25, -0.2) is 4.98 Å². The number of carbonyl (C=O) groups excluding carboxylic acids is 2. The normalized spacial score (nSPS) is 17.9. The van der Waals surface area contributed by atoms with Crippen LogP contribution in [-0.2, 0) is 4.79 Å².